The molecule has 142 valence electrons. The van der Waals surface area contributed by atoms with Crippen LogP contribution in [0.5, 0.6) is 0 Å². The first-order chi connectivity index (χ1) is 12.3. The molecule has 0 radical (unpaired) electrons. The van der Waals surface area contributed by atoms with E-state index in [2.05, 4.69) is 5.32 Å². The van der Waals surface area contributed by atoms with E-state index in [1.165, 1.54) is 0 Å². The fourth-order valence-corrected chi connectivity index (χ4v) is 3.23. The second-order valence-corrected chi connectivity index (χ2v) is 6.82. The molecule has 2 aliphatic rings. The van der Waals surface area contributed by atoms with E-state index >= 15 is 0 Å². The van der Waals surface area contributed by atoms with E-state index in [0.29, 0.717) is 0 Å². The van der Waals surface area contributed by atoms with Gasteiger partial charge in [-0.1, -0.05) is 30.3 Å². The highest BCUT2D eigenvalue weighted by Crippen LogP contribution is 2.39. The third-order valence-corrected chi connectivity index (χ3v) is 4.28. The van der Waals surface area contributed by atoms with Gasteiger partial charge < -0.3 is 29.4 Å². The topological polar surface area (TPSA) is 103 Å². The number of hydrogen-bond acceptors (Lipinski definition) is 6. The van der Waals surface area contributed by atoms with Crippen LogP contribution >= 0.6 is 0 Å². The molecule has 2 aliphatic heterocycles. The van der Waals surface area contributed by atoms with Crippen molar-refractivity contribution in [1.29, 1.82) is 0 Å². The maximum Gasteiger partial charge on any atom is 0.407 e. The molecular formula is C18H23NO7. The van der Waals surface area contributed by atoms with Gasteiger partial charge in [0.05, 0.1) is 12.5 Å². The van der Waals surface area contributed by atoms with Crippen LogP contribution < -0.4 is 5.32 Å². The molecule has 1 aromatic carbocycles. The molecule has 2 fully saturated rings. The number of carbonyl (C=O) groups is 2. The van der Waals surface area contributed by atoms with Crippen LogP contribution in [0.15, 0.2) is 30.3 Å². The van der Waals surface area contributed by atoms with Gasteiger partial charge >= 0.3 is 12.1 Å². The van der Waals surface area contributed by atoms with Crippen molar-refractivity contribution < 1.29 is 33.6 Å². The Kier molecular flexibility index (Phi) is 5.45. The molecule has 0 saturated carbocycles. The van der Waals surface area contributed by atoms with E-state index in [1.807, 2.05) is 30.3 Å². The van der Waals surface area contributed by atoms with Crippen molar-refractivity contribution in [3.05, 3.63) is 35.9 Å². The lowest BCUT2D eigenvalue weighted by atomic mass is 10.1. The first-order valence-electron chi connectivity index (χ1n) is 8.51. The normalized spacial score (nSPS) is 29.2. The zero-order chi connectivity index (χ0) is 18.7. The molecule has 0 aliphatic carbocycles. The van der Waals surface area contributed by atoms with Gasteiger partial charge in [-0.15, -0.1) is 0 Å². The number of alkyl carbamates (subject to hydrolysis) is 1. The van der Waals surface area contributed by atoms with Crippen molar-refractivity contribution in [3.8, 4) is 0 Å². The second kappa shape index (κ2) is 7.61. The third-order valence-electron chi connectivity index (χ3n) is 4.28. The molecular weight excluding hydrogens is 342 g/mol. The Bertz CT molecular complexity index is 648. The number of hydrogen-bond donors (Lipinski definition) is 2. The number of amides is 1. The summed E-state index contributed by atoms with van der Waals surface area (Å²) in [5.41, 5.74) is 0.885. The SMILES string of the molecule is CC1(C)OC2C(O1)[C@@H](CNC(=O)OCc1ccccc1)O[C@H]2CC(=O)O. The lowest BCUT2D eigenvalue weighted by molar-refractivity contribution is -0.188. The van der Waals surface area contributed by atoms with Crippen LogP contribution in [0.3, 0.4) is 0 Å². The molecule has 0 spiro atoms. The van der Waals surface area contributed by atoms with Crippen LogP contribution in [-0.4, -0.2) is 53.9 Å². The van der Waals surface area contributed by atoms with Gasteiger partial charge in [-0.25, -0.2) is 4.79 Å². The molecule has 3 rings (SSSR count). The molecule has 1 amide bonds. The van der Waals surface area contributed by atoms with E-state index in [1.54, 1.807) is 13.8 Å². The van der Waals surface area contributed by atoms with Gasteiger partial charge in [-0.3, -0.25) is 4.79 Å². The average Bonchev–Trinajstić information content (AvgIpc) is 3.05. The number of ether oxygens (including phenoxy) is 4. The summed E-state index contributed by atoms with van der Waals surface area (Å²) in [6.45, 7) is 3.84. The number of carbonyl (C=O) groups excluding carboxylic acids is 1. The van der Waals surface area contributed by atoms with E-state index < -0.39 is 42.3 Å². The average molecular weight is 365 g/mol. The van der Waals surface area contributed by atoms with Gasteiger partial charge in [0.15, 0.2) is 5.79 Å². The molecule has 0 aromatic heterocycles. The molecule has 8 nitrogen and oxygen atoms in total. The molecule has 2 saturated heterocycles. The van der Waals surface area contributed by atoms with E-state index in [4.69, 9.17) is 24.1 Å². The summed E-state index contributed by atoms with van der Waals surface area (Å²) in [6, 6.07) is 9.34. The van der Waals surface area contributed by atoms with E-state index in [0.717, 1.165) is 5.56 Å². The molecule has 1 aromatic rings. The minimum atomic E-state index is -0.974. The van der Waals surface area contributed by atoms with Crippen LogP contribution in [0.1, 0.15) is 25.8 Å². The van der Waals surface area contributed by atoms with Gasteiger partial charge in [0.25, 0.3) is 0 Å². The van der Waals surface area contributed by atoms with E-state index in [9.17, 15) is 9.59 Å². The van der Waals surface area contributed by atoms with Gasteiger partial charge in [-0.05, 0) is 19.4 Å². The number of fused-ring (bicyclic) bond motifs is 1. The molecule has 2 N–H and O–H groups in total. The Hall–Kier alpha value is -2.16. The van der Waals surface area contributed by atoms with Gasteiger partial charge in [0.1, 0.15) is 24.9 Å². The fraction of sp³-hybridized carbons (Fsp3) is 0.556. The molecule has 2 heterocycles. The maximum absolute atomic E-state index is 11.9. The van der Waals surface area contributed by atoms with Crippen molar-refractivity contribution in [2.75, 3.05) is 6.54 Å². The Morgan fingerprint density at radius 3 is 2.46 bits per heavy atom. The smallest absolute Gasteiger partial charge is 0.407 e. The summed E-state index contributed by atoms with van der Waals surface area (Å²) >= 11 is 0. The maximum atomic E-state index is 11.9. The number of nitrogens with one attached hydrogen (secondary N) is 1. The van der Waals surface area contributed by atoms with Crippen molar-refractivity contribution in [3.63, 3.8) is 0 Å². The van der Waals surface area contributed by atoms with E-state index in [-0.39, 0.29) is 19.6 Å². The van der Waals surface area contributed by atoms with Crippen molar-refractivity contribution in [2.24, 2.45) is 0 Å². The molecule has 0 bridgehead atoms. The number of carboxylic acids is 1. The predicted molar refractivity (Wildman–Crippen MR) is 89.4 cm³/mol. The highest BCUT2D eigenvalue weighted by Gasteiger charge is 2.55. The highest BCUT2D eigenvalue weighted by atomic mass is 16.8. The summed E-state index contributed by atoms with van der Waals surface area (Å²) in [5, 5.41) is 11.7. The highest BCUT2D eigenvalue weighted by molar-refractivity contribution is 5.68. The Labute approximate surface area is 151 Å². The quantitative estimate of drug-likeness (QED) is 0.790. The largest absolute Gasteiger partial charge is 0.481 e. The zero-order valence-electron chi connectivity index (χ0n) is 14.7. The van der Waals surface area contributed by atoms with Gasteiger partial charge in [0, 0.05) is 6.54 Å². The number of carboxylic acid groups (broad SMARTS) is 1. The summed E-state index contributed by atoms with van der Waals surface area (Å²) in [4.78, 5) is 22.9. The Morgan fingerprint density at radius 2 is 1.81 bits per heavy atom. The minimum absolute atomic E-state index is 0.143. The Morgan fingerprint density at radius 1 is 1.15 bits per heavy atom. The first kappa shape index (κ1) is 18.6. The lowest BCUT2D eigenvalue weighted by Crippen LogP contribution is -2.40. The Balaban J connectivity index is 1.52. The molecule has 26 heavy (non-hydrogen) atoms. The van der Waals surface area contributed by atoms with Crippen molar-refractivity contribution in [2.45, 2.75) is 57.1 Å². The lowest BCUT2D eigenvalue weighted by Gasteiger charge is -2.23. The van der Waals surface area contributed by atoms with Gasteiger partial charge in [-0.2, -0.15) is 0 Å². The standard InChI is InChI=1S/C18H23NO7/c1-18(2)25-15-12(8-14(20)21)24-13(16(15)26-18)9-19-17(22)23-10-11-6-4-3-5-7-11/h3-7,12-13,15-16H,8-10H2,1-2H3,(H,19,22)(H,20,21)/t12-,13+,15?,16?/m0/s1. The van der Waals surface area contributed by atoms with Crippen LogP contribution in [0, 0.1) is 0 Å². The molecule has 2 unspecified atom stereocenters. The number of benzene rings is 1. The summed E-state index contributed by atoms with van der Waals surface area (Å²) in [6.07, 6.45) is -2.80. The monoisotopic (exact) mass is 365 g/mol. The second-order valence-electron chi connectivity index (χ2n) is 6.82. The van der Waals surface area contributed by atoms with Gasteiger partial charge in [0.2, 0.25) is 0 Å². The minimum Gasteiger partial charge on any atom is -0.481 e. The van der Waals surface area contributed by atoms with Crippen LogP contribution in [0.2, 0.25) is 0 Å². The predicted octanol–water partition coefficient (Wildman–Crippen LogP) is 1.68. The summed E-state index contributed by atoms with van der Waals surface area (Å²) < 4.78 is 22.5. The first-order valence-corrected chi connectivity index (χ1v) is 8.51. The van der Waals surface area contributed by atoms with Crippen molar-refractivity contribution in [1.82, 2.24) is 5.32 Å². The zero-order valence-corrected chi connectivity index (χ0v) is 14.7. The van der Waals surface area contributed by atoms with Crippen LogP contribution in [0.4, 0.5) is 4.79 Å². The molecule has 8 heteroatoms. The van der Waals surface area contributed by atoms with Crippen molar-refractivity contribution >= 4 is 12.1 Å². The summed E-state index contributed by atoms with van der Waals surface area (Å²) in [5.74, 6) is -1.79. The van der Waals surface area contributed by atoms with Crippen LogP contribution in [-0.2, 0) is 30.3 Å². The van der Waals surface area contributed by atoms with Crippen LogP contribution in [0.25, 0.3) is 0 Å². The fourth-order valence-electron chi connectivity index (χ4n) is 3.23. The number of rotatable bonds is 6. The third kappa shape index (κ3) is 4.51. The summed E-state index contributed by atoms with van der Waals surface area (Å²) in [7, 11) is 0. The number of aliphatic carboxylic acids is 1. The molecule has 4 atom stereocenters.